The number of hydrogen-bond donors (Lipinski definition) is 1. The largest absolute Gasteiger partial charge is 0.497 e. The zero-order valence-corrected chi connectivity index (χ0v) is 11.3. The predicted molar refractivity (Wildman–Crippen MR) is 72.2 cm³/mol. The Bertz CT molecular complexity index is 514. The van der Waals surface area contributed by atoms with Crippen LogP contribution in [0.4, 0.5) is 0 Å². The molecule has 0 amide bonds. The van der Waals surface area contributed by atoms with Gasteiger partial charge in [0.15, 0.2) is 0 Å². The Morgan fingerprint density at radius 1 is 1.22 bits per heavy atom. The molecule has 0 unspecified atom stereocenters. The van der Waals surface area contributed by atoms with Crippen LogP contribution in [0, 0.1) is 0 Å². The lowest BCUT2D eigenvalue weighted by Crippen LogP contribution is -2.35. The second kappa shape index (κ2) is 4.82. The molecule has 0 aliphatic rings. The van der Waals surface area contributed by atoms with Gasteiger partial charge in [-0.2, -0.15) is 0 Å². The fourth-order valence-corrected chi connectivity index (χ4v) is 1.83. The molecule has 1 N–H and O–H groups in total. The van der Waals surface area contributed by atoms with Crippen molar-refractivity contribution in [2.75, 3.05) is 14.2 Å². The van der Waals surface area contributed by atoms with Gasteiger partial charge in [-0.25, -0.2) is 4.98 Å². The van der Waals surface area contributed by atoms with Crippen LogP contribution in [0.15, 0.2) is 36.8 Å². The van der Waals surface area contributed by atoms with Gasteiger partial charge in [-0.1, -0.05) is 0 Å². The van der Waals surface area contributed by atoms with E-state index in [2.05, 4.69) is 28.7 Å². The number of nitrogens with zero attached hydrogens (tertiary/aromatic N) is 2. The molecule has 18 heavy (non-hydrogen) atoms. The number of aromatic nitrogens is 2. The first-order valence-corrected chi connectivity index (χ1v) is 5.94. The van der Waals surface area contributed by atoms with Gasteiger partial charge in [0.1, 0.15) is 5.75 Å². The van der Waals surface area contributed by atoms with Gasteiger partial charge in [-0.3, -0.25) is 0 Å². The highest BCUT2D eigenvalue weighted by Gasteiger charge is 2.22. The fraction of sp³-hybridized carbons (Fsp3) is 0.357. The molecule has 0 aliphatic heterocycles. The van der Waals surface area contributed by atoms with Gasteiger partial charge in [0, 0.05) is 5.69 Å². The summed E-state index contributed by atoms with van der Waals surface area (Å²) >= 11 is 0. The van der Waals surface area contributed by atoms with Crippen molar-refractivity contribution in [2.45, 2.75) is 19.4 Å². The lowest BCUT2D eigenvalue weighted by molar-refractivity contribution is 0.414. The van der Waals surface area contributed by atoms with Crippen LogP contribution < -0.4 is 10.1 Å². The maximum Gasteiger partial charge on any atom is 0.119 e. The summed E-state index contributed by atoms with van der Waals surface area (Å²) < 4.78 is 7.25. The summed E-state index contributed by atoms with van der Waals surface area (Å²) in [5.41, 5.74) is 2.07. The molecular weight excluding hydrogens is 226 g/mol. The van der Waals surface area contributed by atoms with E-state index in [0.717, 1.165) is 17.1 Å². The maximum absolute atomic E-state index is 5.17. The van der Waals surface area contributed by atoms with Crippen molar-refractivity contribution >= 4 is 0 Å². The summed E-state index contributed by atoms with van der Waals surface area (Å²) in [6, 6.07) is 7.95. The van der Waals surface area contributed by atoms with Gasteiger partial charge in [0.25, 0.3) is 0 Å². The molecular formula is C14H19N3O. The first kappa shape index (κ1) is 12.6. The molecule has 0 spiro atoms. The molecule has 4 nitrogen and oxygen atoms in total. The van der Waals surface area contributed by atoms with E-state index in [0.29, 0.717) is 0 Å². The second-order valence-corrected chi connectivity index (χ2v) is 4.72. The van der Waals surface area contributed by atoms with Crippen LogP contribution in [0.25, 0.3) is 5.69 Å². The van der Waals surface area contributed by atoms with Crippen LogP contribution in [-0.2, 0) is 5.54 Å². The minimum absolute atomic E-state index is 0.129. The molecule has 4 heteroatoms. The van der Waals surface area contributed by atoms with E-state index in [9.17, 15) is 0 Å². The van der Waals surface area contributed by atoms with E-state index in [4.69, 9.17) is 4.74 Å². The Morgan fingerprint density at radius 3 is 2.44 bits per heavy atom. The lowest BCUT2D eigenvalue weighted by atomic mass is 10.0. The van der Waals surface area contributed by atoms with Gasteiger partial charge in [0.2, 0.25) is 0 Å². The standard InChI is InChI=1S/C14H19N3O/c1-14(2,15-3)13-9-16-10-17(13)11-5-7-12(18-4)8-6-11/h5-10,15H,1-4H3. The first-order valence-electron chi connectivity index (χ1n) is 5.94. The number of benzene rings is 1. The number of ether oxygens (including phenoxy) is 1. The Labute approximate surface area is 108 Å². The van der Waals surface area contributed by atoms with Crippen molar-refractivity contribution in [1.82, 2.24) is 14.9 Å². The lowest BCUT2D eigenvalue weighted by Gasteiger charge is -2.25. The zero-order valence-electron chi connectivity index (χ0n) is 11.3. The summed E-state index contributed by atoms with van der Waals surface area (Å²) in [5.74, 6) is 0.855. The second-order valence-electron chi connectivity index (χ2n) is 4.72. The molecule has 0 saturated carbocycles. The van der Waals surface area contributed by atoms with Crippen LogP contribution in [0.1, 0.15) is 19.5 Å². The van der Waals surface area contributed by atoms with E-state index in [-0.39, 0.29) is 5.54 Å². The number of nitrogens with one attached hydrogen (secondary N) is 1. The highest BCUT2D eigenvalue weighted by atomic mass is 16.5. The van der Waals surface area contributed by atoms with Crippen molar-refractivity contribution in [1.29, 1.82) is 0 Å². The zero-order chi connectivity index (χ0) is 13.2. The summed E-state index contributed by atoms with van der Waals surface area (Å²) in [6.45, 7) is 4.26. The van der Waals surface area contributed by atoms with Crippen molar-refractivity contribution in [3.63, 3.8) is 0 Å². The average molecular weight is 245 g/mol. The van der Waals surface area contributed by atoms with Gasteiger partial charge >= 0.3 is 0 Å². The summed E-state index contributed by atoms with van der Waals surface area (Å²) in [6.07, 6.45) is 3.72. The van der Waals surface area contributed by atoms with E-state index in [1.54, 1.807) is 7.11 Å². The smallest absolute Gasteiger partial charge is 0.119 e. The third-order valence-electron chi connectivity index (χ3n) is 3.25. The van der Waals surface area contributed by atoms with Crippen molar-refractivity contribution < 1.29 is 4.74 Å². The van der Waals surface area contributed by atoms with Crippen LogP contribution in [0.3, 0.4) is 0 Å². The number of hydrogen-bond acceptors (Lipinski definition) is 3. The fourth-order valence-electron chi connectivity index (χ4n) is 1.83. The molecule has 0 bridgehead atoms. The normalized spacial score (nSPS) is 11.6. The first-order chi connectivity index (χ1) is 8.58. The SMILES string of the molecule is CNC(C)(C)c1cncn1-c1ccc(OC)cc1. The summed E-state index contributed by atoms with van der Waals surface area (Å²) in [7, 11) is 3.62. The molecule has 1 aromatic carbocycles. The number of imidazole rings is 1. The quantitative estimate of drug-likeness (QED) is 0.898. The Kier molecular flexibility index (Phi) is 3.39. The van der Waals surface area contributed by atoms with Gasteiger partial charge in [-0.05, 0) is 45.2 Å². The monoisotopic (exact) mass is 245 g/mol. The third-order valence-corrected chi connectivity index (χ3v) is 3.25. The van der Waals surface area contributed by atoms with Crippen LogP contribution in [0.5, 0.6) is 5.75 Å². The highest BCUT2D eigenvalue weighted by Crippen LogP contribution is 2.23. The highest BCUT2D eigenvalue weighted by molar-refractivity contribution is 5.39. The topological polar surface area (TPSA) is 39.1 Å². The molecule has 96 valence electrons. The van der Waals surface area contributed by atoms with E-state index >= 15 is 0 Å². The molecule has 0 atom stereocenters. The molecule has 0 saturated heterocycles. The maximum atomic E-state index is 5.17. The van der Waals surface area contributed by atoms with Crippen molar-refractivity contribution in [3.05, 3.63) is 42.5 Å². The number of methoxy groups -OCH3 is 1. The van der Waals surface area contributed by atoms with Crippen molar-refractivity contribution in [3.8, 4) is 11.4 Å². The molecule has 0 fully saturated rings. The molecule has 2 rings (SSSR count). The van der Waals surface area contributed by atoms with Gasteiger partial charge < -0.3 is 14.6 Å². The molecule has 0 radical (unpaired) electrons. The molecule has 0 aliphatic carbocycles. The average Bonchev–Trinajstić information content (AvgIpc) is 2.89. The number of rotatable bonds is 4. The molecule has 1 heterocycles. The van der Waals surface area contributed by atoms with E-state index in [1.807, 2.05) is 43.8 Å². The Morgan fingerprint density at radius 2 is 1.89 bits per heavy atom. The van der Waals surface area contributed by atoms with Gasteiger partial charge in [0.05, 0.1) is 30.9 Å². The minimum atomic E-state index is -0.129. The molecule has 1 aromatic heterocycles. The summed E-state index contributed by atoms with van der Waals surface area (Å²) in [4.78, 5) is 4.25. The van der Waals surface area contributed by atoms with Gasteiger partial charge in [-0.15, -0.1) is 0 Å². The van der Waals surface area contributed by atoms with Crippen molar-refractivity contribution in [2.24, 2.45) is 0 Å². The predicted octanol–water partition coefficient (Wildman–Crippen LogP) is 2.34. The summed E-state index contributed by atoms with van der Waals surface area (Å²) in [5, 5.41) is 3.29. The molecule has 2 aromatic rings. The Balaban J connectivity index is 2.42. The van der Waals surface area contributed by atoms with E-state index in [1.165, 1.54) is 0 Å². The van der Waals surface area contributed by atoms with E-state index < -0.39 is 0 Å². The minimum Gasteiger partial charge on any atom is -0.497 e. The van der Waals surface area contributed by atoms with Crippen LogP contribution in [-0.4, -0.2) is 23.7 Å². The van der Waals surface area contributed by atoms with Crippen LogP contribution in [0.2, 0.25) is 0 Å². The Hall–Kier alpha value is -1.81. The van der Waals surface area contributed by atoms with Crippen LogP contribution >= 0.6 is 0 Å². The third kappa shape index (κ3) is 2.24.